The third-order valence-corrected chi connectivity index (χ3v) is 4.10. The second kappa shape index (κ2) is 15.0. The molecule has 7 heteroatoms. The Balaban J connectivity index is 0.000000841. The van der Waals surface area contributed by atoms with Crippen LogP contribution in [0.15, 0.2) is 71.1 Å². The smallest absolute Gasteiger partial charge is 0.387 e. The van der Waals surface area contributed by atoms with Crippen LogP contribution in [0.25, 0.3) is 33.7 Å². The van der Waals surface area contributed by atoms with Gasteiger partial charge in [0.1, 0.15) is 17.0 Å². The number of hydrogen-bond acceptors (Lipinski definition) is 4. The molecule has 0 spiro atoms. The van der Waals surface area contributed by atoms with Crippen molar-refractivity contribution in [3.63, 3.8) is 0 Å². The molecule has 1 atom stereocenters. The van der Waals surface area contributed by atoms with Crippen LogP contribution in [0.4, 0.5) is 8.78 Å². The number of nitrogens with zero attached hydrogens (tertiary/aromatic N) is 1. The maximum absolute atomic E-state index is 12.4. The zero-order valence-electron chi connectivity index (χ0n) is 19.9. The van der Waals surface area contributed by atoms with Crippen LogP contribution in [0.1, 0.15) is 27.7 Å². The predicted octanol–water partition coefficient (Wildman–Crippen LogP) is 8.32. The lowest BCUT2D eigenvalue weighted by atomic mass is 10.1. The molecule has 33 heavy (non-hydrogen) atoms. The second-order valence-electron chi connectivity index (χ2n) is 5.84. The summed E-state index contributed by atoms with van der Waals surface area (Å²) in [7, 11) is 4.04. The molecule has 1 unspecified atom stereocenters. The van der Waals surface area contributed by atoms with Gasteiger partial charge in [-0.15, -0.1) is 9.24 Å². The Hall–Kier alpha value is -2.98. The number of ether oxygens (including phenoxy) is 2. The van der Waals surface area contributed by atoms with E-state index in [2.05, 4.69) is 19.0 Å². The summed E-state index contributed by atoms with van der Waals surface area (Å²) < 4.78 is 40.4. The van der Waals surface area contributed by atoms with Crippen LogP contribution >= 0.6 is 9.24 Å². The van der Waals surface area contributed by atoms with Crippen LogP contribution in [0.2, 0.25) is 0 Å². The van der Waals surface area contributed by atoms with Gasteiger partial charge in [0.05, 0.1) is 7.11 Å². The standard InChI is InChI=1S/C21H15F2NO3.2C2H6.CH5P/c1-25-16-6-2-4-13(10-16)14-8-9-18-19(12-14)27-20(24-18)15-5-3-7-17(11-15)26-21(22)23;3*1-2/h2-12,21H,1H3;2*1-2H3;2H2,1H3. The van der Waals surface area contributed by atoms with E-state index in [1.54, 1.807) is 19.2 Å². The summed E-state index contributed by atoms with van der Waals surface area (Å²) in [4.78, 5) is 4.44. The van der Waals surface area contributed by atoms with Gasteiger partial charge in [0.15, 0.2) is 5.58 Å². The molecule has 0 amide bonds. The molecule has 1 heterocycles. The van der Waals surface area contributed by atoms with E-state index in [0.29, 0.717) is 22.6 Å². The summed E-state index contributed by atoms with van der Waals surface area (Å²) in [6.07, 6.45) is 0. The van der Waals surface area contributed by atoms with Gasteiger partial charge in [0.2, 0.25) is 5.89 Å². The Morgan fingerprint density at radius 2 is 1.36 bits per heavy atom. The van der Waals surface area contributed by atoms with Crippen LogP contribution in [0.5, 0.6) is 11.5 Å². The Labute approximate surface area is 197 Å². The molecule has 0 fully saturated rings. The highest BCUT2D eigenvalue weighted by molar-refractivity contribution is 7.15. The van der Waals surface area contributed by atoms with E-state index < -0.39 is 6.61 Å². The average Bonchev–Trinajstić information content (AvgIpc) is 3.31. The van der Waals surface area contributed by atoms with Gasteiger partial charge in [-0.25, -0.2) is 4.98 Å². The van der Waals surface area contributed by atoms with Crippen molar-refractivity contribution in [2.24, 2.45) is 0 Å². The molecule has 4 nitrogen and oxygen atoms in total. The normalized spacial score (nSPS) is 9.64. The molecular formula is C26H32F2NO3P. The molecular weight excluding hydrogens is 443 g/mol. The number of alkyl halides is 2. The van der Waals surface area contributed by atoms with Crippen LogP contribution in [-0.4, -0.2) is 25.4 Å². The van der Waals surface area contributed by atoms with Crippen molar-refractivity contribution in [1.29, 1.82) is 0 Å². The zero-order chi connectivity index (χ0) is 24.8. The molecule has 0 N–H and O–H groups in total. The Bertz CT molecular complexity index is 1100. The summed E-state index contributed by atoms with van der Waals surface area (Å²) in [5.74, 6) is 1.16. The van der Waals surface area contributed by atoms with E-state index in [9.17, 15) is 8.78 Å². The number of halogens is 2. The first-order valence-electron chi connectivity index (χ1n) is 10.8. The van der Waals surface area contributed by atoms with Gasteiger partial charge in [-0.2, -0.15) is 8.78 Å². The summed E-state index contributed by atoms with van der Waals surface area (Å²) in [5, 5.41) is 0. The van der Waals surface area contributed by atoms with Gasteiger partial charge in [-0.05, 0) is 53.6 Å². The van der Waals surface area contributed by atoms with Crippen LogP contribution in [-0.2, 0) is 0 Å². The summed E-state index contributed by atoms with van der Waals surface area (Å²) in [6.45, 7) is 7.04. The quantitative estimate of drug-likeness (QED) is 0.272. The minimum absolute atomic E-state index is 0.0572. The summed E-state index contributed by atoms with van der Waals surface area (Å²) in [6, 6.07) is 19.7. The van der Waals surface area contributed by atoms with Crippen LogP contribution in [0, 0.1) is 0 Å². The monoisotopic (exact) mass is 475 g/mol. The van der Waals surface area contributed by atoms with Crippen molar-refractivity contribution in [2.75, 3.05) is 13.8 Å². The molecule has 178 valence electrons. The molecule has 1 aromatic heterocycles. The Kier molecular flexibility index (Phi) is 12.7. The van der Waals surface area contributed by atoms with Crippen molar-refractivity contribution in [2.45, 2.75) is 34.3 Å². The van der Waals surface area contributed by atoms with Crippen molar-refractivity contribution in [3.8, 4) is 34.1 Å². The molecule has 0 saturated heterocycles. The number of hydrogen-bond donors (Lipinski definition) is 0. The molecule has 0 aliphatic rings. The highest BCUT2D eigenvalue weighted by atomic mass is 31.0. The second-order valence-corrected chi connectivity index (χ2v) is 5.84. The molecule has 4 rings (SSSR count). The van der Waals surface area contributed by atoms with Gasteiger partial charge in [-0.3, -0.25) is 0 Å². The zero-order valence-corrected chi connectivity index (χ0v) is 21.1. The third-order valence-electron chi connectivity index (χ3n) is 4.10. The number of aromatic nitrogens is 1. The fraction of sp³-hybridized carbons (Fsp3) is 0.269. The highest BCUT2D eigenvalue weighted by Gasteiger charge is 2.12. The van der Waals surface area contributed by atoms with E-state index >= 15 is 0 Å². The maximum atomic E-state index is 12.4. The number of methoxy groups -OCH3 is 1. The maximum Gasteiger partial charge on any atom is 0.387 e. The molecule has 0 radical (unpaired) electrons. The number of rotatable bonds is 5. The molecule has 0 aliphatic carbocycles. The molecule has 0 saturated carbocycles. The van der Waals surface area contributed by atoms with Crippen LogP contribution in [0.3, 0.4) is 0 Å². The van der Waals surface area contributed by atoms with Crippen LogP contribution < -0.4 is 9.47 Å². The Morgan fingerprint density at radius 1 is 0.788 bits per heavy atom. The van der Waals surface area contributed by atoms with Gasteiger partial charge in [-0.1, -0.05) is 58.6 Å². The SMILES string of the molecule is CC.CC.COc1cccc(-c2ccc3nc(-c4cccc(OC(F)F)c4)oc3c2)c1.CP. The molecule has 3 aromatic carbocycles. The predicted molar refractivity (Wildman–Crippen MR) is 136 cm³/mol. The van der Waals surface area contributed by atoms with E-state index in [-0.39, 0.29) is 5.75 Å². The minimum atomic E-state index is -2.88. The topological polar surface area (TPSA) is 44.5 Å². The first kappa shape index (κ1) is 28.1. The fourth-order valence-electron chi connectivity index (χ4n) is 2.84. The summed E-state index contributed by atoms with van der Waals surface area (Å²) in [5.41, 5.74) is 3.79. The van der Waals surface area contributed by atoms with Gasteiger partial charge in [0.25, 0.3) is 0 Å². The largest absolute Gasteiger partial charge is 0.497 e. The van der Waals surface area contributed by atoms with E-state index in [1.807, 2.05) is 76.8 Å². The van der Waals surface area contributed by atoms with Crippen molar-refractivity contribution in [3.05, 3.63) is 66.7 Å². The lowest BCUT2D eigenvalue weighted by Gasteiger charge is -2.04. The van der Waals surface area contributed by atoms with E-state index in [0.717, 1.165) is 16.9 Å². The van der Waals surface area contributed by atoms with Gasteiger partial charge < -0.3 is 13.9 Å². The first-order valence-corrected chi connectivity index (χ1v) is 12.0. The number of benzene rings is 3. The first-order chi connectivity index (χ1) is 16.1. The minimum Gasteiger partial charge on any atom is -0.497 e. The molecule has 4 aromatic rings. The lowest BCUT2D eigenvalue weighted by molar-refractivity contribution is -0.0498. The van der Waals surface area contributed by atoms with Crippen molar-refractivity contribution >= 4 is 20.3 Å². The van der Waals surface area contributed by atoms with Crippen molar-refractivity contribution < 1.29 is 22.7 Å². The van der Waals surface area contributed by atoms with E-state index in [4.69, 9.17) is 9.15 Å². The highest BCUT2D eigenvalue weighted by Crippen LogP contribution is 2.31. The van der Waals surface area contributed by atoms with E-state index in [1.165, 1.54) is 12.1 Å². The fourth-order valence-corrected chi connectivity index (χ4v) is 2.84. The van der Waals surface area contributed by atoms with Gasteiger partial charge in [0, 0.05) is 5.56 Å². The molecule has 0 bridgehead atoms. The average molecular weight is 476 g/mol. The third kappa shape index (κ3) is 7.83. The van der Waals surface area contributed by atoms with Crippen molar-refractivity contribution in [1.82, 2.24) is 4.98 Å². The number of oxazole rings is 1. The number of fused-ring (bicyclic) bond motifs is 1. The summed E-state index contributed by atoms with van der Waals surface area (Å²) >= 11 is 0. The molecule has 0 aliphatic heterocycles. The lowest BCUT2D eigenvalue weighted by Crippen LogP contribution is -2.01. The Morgan fingerprint density at radius 3 is 2.00 bits per heavy atom. The van der Waals surface area contributed by atoms with Gasteiger partial charge >= 0.3 is 6.61 Å².